The van der Waals surface area contributed by atoms with Gasteiger partial charge < -0.3 is 52.4 Å². The van der Waals surface area contributed by atoms with Gasteiger partial charge in [-0.05, 0) is 211 Å². The number of nitriles is 1. The summed E-state index contributed by atoms with van der Waals surface area (Å²) in [5.74, 6) is 0.140. The first kappa shape index (κ1) is 99.7. The molecule has 0 amide bonds. The van der Waals surface area contributed by atoms with Gasteiger partial charge in [-0.1, -0.05) is 169 Å². The lowest BCUT2D eigenvalue weighted by atomic mass is 9.97. The molecule has 144 heavy (non-hydrogen) atoms. The molecule has 20 rings (SSSR count). The van der Waals surface area contributed by atoms with Gasteiger partial charge in [0.05, 0.1) is 83.4 Å². The van der Waals surface area contributed by atoms with Crippen LogP contribution in [0.15, 0.2) is 359 Å². The van der Waals surface area contributed by atoms with Crippen molar-refractivity contribution in [3.05, 3.63) is 421 Å². The third-order valence-corrected chi connectivity index (χ3v) is 24.3. The Morgan fingerprint density at radius 3 is 1.02 bits per heavy atom. The van der Waals surface area contributed by atoms with Gasteiger partial charge in [0.2, 0.25) is 0 Å². The number of rotatable bonds is 22. The summed E-state index contributed by atoms with van der Waals surface area (Å²) in [6.45, 7) is 5.79. The molecule has 0 radical (unpaired) electrons. The standard InChI is InChI=1S/C20H16FN3O.C20H16FN3.C20H18FN3.C20H16N4.C20H19N3O.C20H19N3/c1-24-18-10-13(5-6-15(18)12-23-24)16-4-3-9-22-20(16)14-7-8-17(21)19(11-14)25-2;1-13-5-8-18(21)17(10-13)20-16(4-3-9-22-20)14-6-7-15-12-23-24(2)19(15)11-14;1-13-10-15(7-8-18(13)21)20-17(4-3-9-24-20)14-5-6-16(12-22)19(11-14)23-2;1-23-19-11-15(7-8-17(19)13-22)18-6-3-9-24-20(18)16-5-2-4-14(10-16)12-21;1-22-19-12-14(8-9-16(19)13-21)18-7-4-10-23-20(18)15-5-3-6-17(11-15)24-2;1-14-5-3-6-16(11-14)20-18(7-4-10-23-20)15-8-9-17(13-21)19(12-15)22-2/h3-12H,1-2H3;3-12H,1-2H3;3-12,22-23H,1-2H3;2-11,13,22-23H,1H3;3-13,21-22H,1-2H3;3-13,21-22H,1-2H3. The molecule has 8 N–H and O–H groups in total. The van der Waals surface area contributed by atoms with Crippen LogP contribution >= 0.6 is 0 Å². The highest BCUT2D eigenvalue weighted by atomic mass is 19.1. The molecule has 8 heterocycles. The first-order chi connectivity index (χ1) is 70.2. The quantitative estimate of drug-likeness (QED) is 0.0293. The van der Waals surface area contributed by atoms with E-state index in [0.29, 0.717) is 22.4 Å². The van der Waals surface area contributed by atoms with Crippen molar-refractivity contribution >= 4 is 69.4 Å². The predicted molar refractivity (Wildman–Crippen MR) is 581 cm³/mol. The molecule has 0 bridgehead atoms. The Kier molecular flexibility index (Phi) is 32.6. The van der Waals surface area contributed by atoms with Crippen LogP contribution in [0.1, 0.15) is 44.5 Å². The molecule has 0 aliphatic heterocycles. The van der Waals surface area contributed by atoms with Gasteiger partial charge in [-0.25, -0.2) is 13.2 Å². The summed E-state index contributed by atoms with van der Waals surface area (Å²) in [5.41, 5.74) is 34.9. The molecule has 0 atom stereocenters. The monoisotopic (exact) mass is 1900 g/mol. The van der Waals surface area contributed by atoms with E-state index in [1.807, 2.05) is 283 Å². The molecule has 8 aromatic heterocycles. The zero-order valence-corrected chi connectivity index (χ0v) is 81.2. The van der Waals surface area contributed by atoms with E-state index in [4.69, 9.17) is 36.4 Å². The Bertz CT molecular complexity index is 8130. The zero-order valence-electron chi connectivity index (χ0n) is 81.2. The minimum Gasteiger partial charge on any atom is -0.497 e. The van der Waals surface area contributed by atoms with E-state index in [1.165, 1.54) is 55.7 Å². The van der Waals surface area contributed by atoms with Crippen LogP contribution in [-0.2, 0) is 14.1 Å². The van der Waals surface area contributed by atoms with E-state index in [9.17, 15) is 13.2 Å². The Balaban J connectivity index is 0.000000130. The highest BCUT2D eigenvalue weighted by Gasteiger charge is 2.21. The molecule has 0 aliphatic rings. The van der Waals surface area contributed by atoms with Crippen LogP contribution in [0.25, 0.3) is 156 Å². The molecule has 0 spiro atoms. The zero-order chi connectivity index (χ0) is 101. The smallest absolute Gasteiger partial charge is 0.165 e. The minimum atomic E-state index is -0.389. The first-order valence-electron chi connectivity index (χ1n) is 46.1. The van der Waals surface area contributed by atoms with Crippen LogP contribution in [-0.4, -0.2) is 117 Å². The van der Waals surface area contributed by atoms with E-state index >= 15 is 0 Å². The Morgan fingerprint density at radius 2 is 0.639 bits per heavy atom. The number of anilines is 4. The van der Waals surface area contributed by atoms with Crippen LogP contribution in [0.2, 0.25) is 0 Å². The number of methoxy groups -OCH3 is 2. The van der Waals surface area contributed by atoms with Crippen LogP contribution in [0.5, 0.6) is 11.5 Å². The van der Waals surface area contributed by atoms with Crippen molar-refractivity contribution in [2.24, 2.45) is 14.1 Å². The van der Waals surface area contributed by atoms with Crippen molar-refractivity contribution in [1.29, 1.82) is 26.9 Å². The van der Waals surface area contributed by atoms with Gasteiger partial charge >= 0.3 is 0 Å². The number of ether oxygens (including phenoxy) is 2. The average molecular weight is 1900 g/mol. The molecule has 0 unspecified atom stereocenters. The number of hydrogen-bond acceptors (Lipinski definition) is 19. The van der Waals surface area contributed by atoms with Crippen molar-refractivity contribution in [3.8, 4) is 152 Å². The number of aryl methyl sites for hydroxylation is 5. The summed E-state index contributed by atoms with van der Waals surface area (Å²) in [6.07, 6.45) is 19.6. The molecule has 24 heteroatoms. The molecule has 0 aliphatic carbocycles. The average Bonchev–Trinajstić information content (AvgIpc) is 1.39. The molecule has 712 valence electrons. The number of hydrogen-bond donors (Lipinski definition) is 8. The Hall–Kier alpha value is -18.8. The third-order valence-electron chi connectivity index (χ3n) is 24.3. The Morgan fingerprint density at radius 1 is 0.306 bits per heavy atom. The van der Waals surface area contributed by atoms with Gasteiger partial charge in [0.25, 0.3) is 0 Å². The number of fused-ring (bicyclic) bond motifs is 2. The molecular weight excluding hydrogens is 1800 g/mol. The maximum absolute atomic E-state index is 14.4. The summed E-state index contributed by atoms with van der Waals surface area (Å²) in [7, 11) is 14.4. The third kappa shape index (κ3) is 23.1. The molecule has 0 fully saturated rings. The minimum absolute atomic E-state index is 0.205. The fraction of sp³-hybridized carbons (Fsp3) is 0.0917. The van der Waals surface area contributed by atoms with E-state index in [0.717, 1.165) is 201 Å². The Labute approximate surface area is 834 Å². The van der Waals surface area contributed by atoms with Crippen molar-refractivity contribution in [2.45, 2.75) is 20.8 Å². The molecule has 0 saturated carbocycles. The van der Waals surface area contributed by atoms with Crippen LogP contribution in [0.4, 0.5) is 35.9 Å². The molecule has 20 aromatic rings. The number of halogens is 3. The van der Waals surface area contributed by atoms with Gasteiger partial charge in [0.1, 0.15) is 17.4 Å². The molecule has 21 nitrogen and oxygen atoms in total. The topological polar surface area (TPSA) is 299 Å². The number of nitrogens with zero attached hydrogens (tertiary/aromatic N) is 11. The maximum atomic E-state index is 14.4. The fourth-order valence-electron chi connectivity index (χ4n) is 16.8. The summed E-state index contributed by atoms with van der Waals surface area (Å²) in [5, 5.41) is 62.3. The number of aromatic nitrogens is 10. The van der Waals surface area contributed by atoms with E-state index in [-0.39, 0.29) is 23.2 Å². The highest BCUT2D eigenvalue weighted by Crippen LogP contribution is 2.42. The fourth-order valence-corrected chi connectivity index (χ4v) is 16.8. The maximum Gasteiger partial charge on any atom is 0.165 e. The largest absolute Gasteiger partial charge is 0.497 e. The van der Waals surface area contributed by atoms with Crippen LogP contribution in [0.3, 0.4) is 0 Å². The molecular formula is C120H104F3N19O2. The van der Waals surface area contributed by atoms with Gasteiger partial charge in [0.15, 0.2) is 11.6 Å². The van der Waals surface area contributed by atoms with E-state index in [2.05, 4.69) is 129 Å². The number of benzene rings is 12. The SMILES string of the molecule is CNc1cc(-c2cccnc2-c2ccc(F)c(C)c2)ccc1C=N.CNc1cc(-c2cccnc2-c2cccc(C#N)c2)ccc1C=N.CNc1cc(-c2cccnc2-c2cccc(C)c2)ccc1C=N.CNc1cc(-c2cccnc2-c2cccc(OC)c2)ccc1C=N.COc1cc(-c2ncccc2-c2ccc3cnn(C)c3c2)ccc1F.Cc1ccc(F)c(-c2ncccc2-c2ccc3cnn(C)c3c2)c1. The summed E-state index contributed by atoms with van der Waals surface area (Å²) < 4.78 is 55.8. The van der Waals surface area contributed by atoms with Crippen molar-refractivity contribution in [3.63, 3.8) is 0 Å². The van der Waals surface area contributed by atoms with Crippen LogP contribution < -0.4 is 30.7 Å². The summed E-state index contributed by atoms with van der Waals surface area (Å²) in [6, 6.07) is 101. The van der Waals surface area contributed by atoms with Crippen LogP contribution in [0, 0.1) is 71.2 Å². The highest BCUT2D eigenvalue weighted by molar-refractivity contribution is 5.96. The lowest BCUT2D eigenvalue weighted by molar-refractivity contribution is 0.387. The van der Waals surface area contributed by atoms with Gasteiger partial charge in [0, 0.05) is 227 Å². The summed E-state index contributed by atoms with van der Waals surface area (Å²) in [4.78, 5) is 27.2. The van der Waals surface area contributed by atoms with E-state index < -0.39 is 0 Å². The summed E-state index contributed by atoms with van der Waals surface area (Å²) >= 11 is 0. The predicted octanol–water partition coefficient (Wildman–Crippen LogP) is 27.7. The van der Waals surface area contributed by atoms with Crippen molar-refractivity contribution in [2.75, 3.05) is 63.7 Å². The number of nitrogens with one attached hydrogen (secondary N) is 8. The van der Waals surface area contributed by atoms with Crippen molar-refractivity contribution < 1.29 is 22.6 Å². The normalized spacial score (nSPS) is 10.5. The lowest BCUT2D eigenvalue weighted by Gasteiger charge is -2.12. The second-order valence-corrected chi connectivity index (χ2v) is 33.4. The first-order valence-corrected chi connectivity index (χ1v) is 46.1. The van der Waals surface area contributed by atoms with Gasteiger partial charge in [-0.3, -0.25) is 39.3 Å². The van der Waals surface area contributed by atoms with Crippen molar-refractivity contribution in [1.82, 2.24) is 49.5 Å². The van der Waals surface area contributed by atoms with E-state index in [1.54, 1.807) is 75.3 Å². The second kappa shape index (κ2) is 47.1. The van der Waals surface area contributed by atoms with Gasteiger partial charge in [-0.2, -0.15) is 15.5 Å². The number of pyridine rings is 6. The van der Waals surface area contributed by atoms with Gasteiger partial charge in [-0.15, -0.1) is 0 Å². The molecule has 0 saturated heterocycles. The second-order valence-electron chi connectivity index (χ2n) is 33.4. The molecule has 12 aromatic carbocycles. The lowest BCUT2D eigenvalue weighted by Crippen LogP contribution is -1.96.